The molecule has 1 rings (SSSR count). The Balaban J connectivity index is 2.22. The van der Waals surface area contributed by atoms with Crippen LogP contribution in [0.3, 0.4) is 0 Å². The molecule has 0 saturated carbocycles. The van der Waals surface area contributed by atoms with Crippen LogP contribution in [0.25, 0.3) is 0 Å². The molecule has 0 radical (unpaired) electrons. The molecule has 0 bridgehead atoms. The van der Waals surface area contributed by atoms with Crippen molar-refractivity contribution >= 4 is 19.3 Å². The molecule has 1 aromatic carbocycles. The summed E-state index contributed by atoms with van der Waals surface area (Å²) in [6.07, 6.45) is 3.20. The van der Waals surface area contributed by atoms with Crippen molar-refractivity contribution in [2.45, 2.75) is 51.6 Å². The third-order valence-electron chi connectivity index (χ3n) is 3.88. The highest BCUT2D eigenvalue weighted by molar-refractivity contribution is 7.53. The van der Waals surface area contributed by atoms with E-state index in [0.717, 1.165) is 19.3 Å². The molecule has 26 heavy (non-hydrogen) atoms. The van der Waals surface area contributed by atoms with E-state index in [-0.39, 0.29) is 12.4 Å². The number of carbonyl (C=O) groups is 2. The fraction of sp³-hybridized carbons (Fsp3) is 0.556. The number of hydrogen-bond acceptors (Lipinski definition) is 5. The molecule has 0 amide bonds. The zero-order chi connectivity index (χ0) is 19.6. The van der Waals surface area contributed by atoms with Gasteiger partial charge in [0.05, 0.1) is 18.8 Å². The van der Waals surface area contributed by atoms with Gasteiger partial charge >= 0.3 is 13.6 Å². The van der Waals surface area contributed by atoms with Crippen molar-refractivity contribution < 1.29 is 33.4 Å². The number of carbonyl (C=O) groups excluding carboxylic acids is 2. The first kappa shape index (κ1) is 22.4. The quantitative estimate of drug-likeness (QED) is 0.322. The number of esters is 1. The predicted molar refractivity (Wildman–Crippen MR) is 97.5 cm³/mol. The van der Waals surface area contributed by atoms with Gasteiger partial charge in [-0.1, -0.05) is 19.3 Å². The second-order valence-corrected chi connectivity index (χ2v) is 7.81. The maximum absolute atomic E-state index is 11.5. The largest absolute Gasteiger partial charge is 0.494 e. The molecular formula is C18H27O7P. The van der Waals surface area contributed by atoms with Crippen molar-refractivity contribution in [1.29, 1.82) is 0 Å². The first-order valence-electron chi connectivity index (χ1n) is 8.71. The molecule has 0 saturated heterocycles. The summed E-state index contributed by atoms with van der Waals surface area (Å²) in [6.45, 7) is 3.80. The zero-order valence-corrected chi connectivity index (χ0v) is 16.1. The summed E-state index contributed by atoms with van der Waals surface area (Å²) >= 11 is 0. The Labute approximate surface area is 153 Å². The Morgan fingerprint density at radius 1 is 1.08 bits per heavy atom. The van der Waals surface area contributed by atoms with Gasteiger partial charge in [0.2, 0.25) is 0 Å². The number of ketones is 1. The molecule has 7 nitrogen and oxygen atoms in total. The molecule has 0 aliphatic carbocycles. The highest BCUT2D eigenvalue weighted by Crippen LogP contribution is 2.44. The van der Waals surface area contributed by atoms with E-state index in [1.54, 1.807) is 31.2 Å². The second kappa shape index (κ2) is 11.1. The summed E-state index contributed by atoms with van der Waals surface area (Å²) in [7, 11) is -4.36. The zero-order valence-electron chi connectivity index (χ0n) is 15.2. The average Bonchev–Trinajstić information content (AvgIpc) is 2.56. The number of ether oxygens (including phenoxy) is 2. The molecule has 0 aliphatic heterocycles. The van der Waals surface area contributed by atoms with E-state index >= 15 is 0 Å². The molecule has 1 unspecified atom stereocenters. The second-order valence-electron chi connectivity index (χ2n) is 6.01. The van der Waals surface area contributed by atoms with Crippen LogP contribution in [0, 0.1) is 0 Å². The molecule has 1 atom stereocenters. The summed E-state index contributed by atoms with van der Waals surface area (Å²) in [5, 5.41) is 0. The molecule has 146 valence electrons. The Bertz CT molecular complexity index is 621. The molecule has 0 aliphatic rings. The van der Waals surface area contributed by atoms with Crippen molar-refractivity contribution in [2.75, 3.05) is 13.2 Å². The van der Waals surface area contributed by atoms with Crippen molar-refractivity contribution in [3.8, 4) is 5.75 Å². The average molecular weight is 386 g/mol. The first-order valence-corrected chi connectivity index (χ1v) is 10.4. The van der Waals surface area contributed by atoms with Crippen molar-refractivity contribution in [3.63, 3.8) is 0 Å². The van der Waals surface area contributed by atoms with Gasteiger partial charge in [-0.15, -0.1) is 0 Å². The van der Waals surface area contributed by atoms with Crippen LogP contribution in [0.2, 0.25) is 0 Å². The van der Waals surface area contributed by atoms with Gasteiger partial charge in [-0.3, -0.25) is 9.36 Å². The van der Waals surface area contributed by atoms with Gasteiger partial charge < -0.3 is 19.3 Å². The van der Waals surface area contributed by atoms with Crippen LogP contribution < -0.4 is 4.74 Å². The monoisotopic (exact) mass is 386 g/mol. The minimum Gasteiger partial charge on any atom is -0.494 e. The molecule has 0 spiro atoms. The third-order valence-corrected chi connectivity index (χ3v) is 5.32. The molecule has 0 aromatic heterocycles. The van der Waals surface area contributed by atoms with E-state index in [1.807, 2.05) is 0 Å². The van der Waals surface area contributed by atoms with Gasteiger partial charge in [0.1, 0.15) is 17.2 Å². The third kappa shape index (κ3) is 8.13. The topological polar surface area (TPSA) is 110 Å². The standard InChI is InChI=1S/C18H27O7P/c1-3-24-18(20)15-9-11-16(12-10-15)25-13-7-5-4-6-8-17(14(2)19)26(21,22)23/h9-12,17H,3-8,13H2,1-2H3,(H2,21,22,23). The lowest BCUT2D eigenvalue weighted by atomic mass is 10.1. The molecule has 0 fully saturated rings. The van der Waals surface area contributed by atoms with E-state index in [4.69, 9.17) is 19.3 Å². The smallest absolute Gasteiger partial charge is 0.338 e. The van der Waals surface area contributed by atoms with Crippen molar-refractivity contribution in [2.24, 2.45) is 0 Å². The van der Waals surface area contributed by atoms with Crippen LogP contribution in [0.4, 0.5) is 0 Å². The lowest BCUT2D eigenvalue weighted by Crippen LogP contribution is -2.17. The van der Waals surface area contributed by atoms with E-state index < -0.39 is 19.0 Å². The van der Waals surface area contributed by atoms with Crippen LogP contribution in [-0.2, 0) is 14.1 Å². The van der Waals surface area contributed by atoms with Crippen LogP contribution in [0.5, 0.6) is 5.75 Å². The van der Waals surface area contributed by atoms with Gasteiger partial charge in [-0.2, -0.15) is 0 Å². The predicted octanol–water partition coefficient (Wildman–Crippen LogP) is 3.33. The summed E-state index contributed by atoms with van der Waals surface area (Å²) in [6, 6.07) is 6.72. The van der Waals surface area contributed by atoms with Gasteiger partial charge in [0.25, 0.3) is 0 Å². The van der Waals surface area contributed by atoms with Gasteiger partial charge in [0, 0.05) is 0 Å². The van der Waals surface area contributed by atoms with Crippen molar-refractivity contribution in [1.82, 2.24) is 0 Å². The van der Waals surface area contributed by atoms with Crippen LogP contribution in [0.1, 0.15) is 56.3 Å². The number of unbranched alkanes of at least 4 members (excludes halogenated alkanes) is 3. The highest BCUT2D eigenvalue weighted by atomic mass is 31.2. The molecule has 2 N–H and O–H groups in total. The highest BCUT2D eigenvalue weighted by Gasteiger charge is 2.31. The minimum atomic E-state index is -4.36. The number of Topliss-reactive ketones (excluding diaryl/α,β-unsaturated/α-hetero) is 1. The van der Waals surface area contributed by atoms with Gasteiger partial charge in [-0.25, -0.2) is 4.79 Å². The maximum Gasteiger partial charge on any atom is 0.338 e. The maximum atomic E-state index is 11.5. The molecule has 0 heterocycles. The van der Waals surface area contributed by atoms with E-state index in [2.05, 4.69) is 0 Å². The fourth-order valence-corrected chi connectivity index (χ4v) is 3.49. The summed E-state index contributed by atoms with van der Waals surface area (Å²) in [5.41, 5.74) is -0.707. The number of benzene rings is 1. The van der Waals surface area contributed by atoms with Crippen molar-refractivity contribution in [3.05, 3.63) is 29.8 Å². The Hall–Kier alpha value is -1.69. The number of rotatable bonds is 12. The van der Waals surface area contributed by atoms with Crippen LogP contribution in [0.15, 0.2) is 24.3 Å². The number of hydrogen-bond donors (Lipinski definition) is 2. The molecular weight excluding hydrogens is 359 g/mol. The Kier molecular flexibility index (Phi) is 9.55. The first-order chi connectivity index (χ1) is 12.3. The lowest BCUT2D eigenvalue weighted by molar-refractivity contribution is -0.117. The van der Waals surface area contributed by atoms with Crippen LogP contribution >= 0.6 is 7.60 Å². The van der Waals surface area contributed by atoms with E-state index in [9.17, 15) is 14.2 Å². The van der Waals surface area contributed by atoms with Crippen LogP contribution in [-0.4, -0.2) is 40.4 Å². The summed E-state index contributed by atoms with van der Waals surface area (Å²) in [5.74, 6) is -0.164. The summed E-state index contributed by atoms with van der Waals surface area (Å²) < 4.78 is 21.7. The van der Waals surface area contributed by atoms with E-state index in [0.29, 0.717) is 30.9 Å². The molecule has 8 heteroatoms. The molecule has 1 aromatic rings. The van der Waals surface area contributed by atoms with E-state index in [1.165, 1.54) is 6.92 Å². The summed E-state index contributed by atoms with van der Waals surface area (Å²) in [4.78, 5) is 41.1. The lowest BCUT2D eigenvalue weighted by Gasteiger charge is -2.15. The van der Waals surface area contributed by atoms with Gasteiger partial charge in [-0.05, 0) is 51.0 Å². The SMILES string of the molecule is CCOC(=O)c1ccc(OCCCCCCC(C(C)=O)P(=O)(O)O)cc1. The van der Waals surface area contributed by atoms with Gasteiger partial charge in [0.15, 0.2) is 0 Å². The Morgan fingerprint density at radius 3 is 2.23 bits per heavy atom. The Morgan fingerprint density at radius 2 is 1.69 bits per heavy atom. The fourth-order valence-electron chi connectivity index (χ4n) is 2.49. The normalized spacial score (nSPS) is 12.5. The minimum absolute atomic E-state index is 0.204.